The number of likely N-dealkylation sites (tertiary alicyclic amines) is 1. The highest BCUT2D eigenvalue weighted by molar-refractivity contribution is 5.04. The van der Waals surface area contributed by atoms with E-state index in [-0.39, 0.29) is 0 Å². The molecule has 0 aromatic carbocycles. The van der Waals surface area contributed by atoms with Gasteiger partial charge in [0.2, 0.25) is 0 Å². The molecule has 0 N–H and O–H groups in total. The monoisotopic (exact) mass is 125 g/mol. The first-order valence-corrected chi connectivity index (χ1v) is 3.65. The van der Waals surface area contributed by atoms with Crippen LogP contribution in [0.3, 0.4) is 0 Å². The summed E-state index contributed by atoms with van der Waals surface area (Å²) >= 11 is 0. The Morgan fingerprint density at radius 3 is 2.78 bits per heavy atom. The lowest BCUT2D eigenvalue weighted by atomic mass is 10.1. The van der Waals surface area contributed by atoms with Crippen molar-refractivity contribution in [3.05, 3.63) is 11.6 Å². The van der Waals surface area contributed by atoms with Gasteiger partial charge in [-0.1, -0.05) is 11.6 Å². The lowest BCUT2D eigenvalue weighted by Gasteiger charge is -2.23. The molecule has 0 spiro atoms. The van der Waals surface area contributed by atoms with Crippen molar-refractivity contribution >= 4 is 0 Å². The standard InChI is InChI=1S/C8H15N/c1-3-8-5-4-6-9(2)7-8/h3H,4-7H2,1-2H3. The topological polar surface area (TPSA) is 3.24 Å². The van der Waals surface area contributed by atoms with Gasteiger partial charge in [-0.25, -0.2) is 0 Å². The molecule has 0 aromatic rings. The molecule has 0 atom stereocenters. The predicted molar refractivity (Wildman–Crippen MR) is 40.5 cm³/mol. The Labute approximate surface area is 57.4 Å². The van der Waals surface area contributed by atoms with Gasteiger partial charge in [-0.15, -0.1) is 0 Å². The van der Waals surface area contributed by atoms with Gasteiger partial charge in [0.25, 0.3) is 0 Å². The zero-order chi connectivity index (χ0) is 6.69. The molecule has 1 aliphatic rings. The Kier molecular flexibility index (Phi) is 2.29. The first-order valence-electron chi connectivity index (χ1n) is 3.65. The van der Waals surface area contributed by atoms with Crippen LogP contribution in [0.1, 0.15) is 19.8 Å². The summed E-state index contributed by atoms with van der Waals surface area (Å²) in [5.41, 5.74) is 1.60. The SMILES string of the molecule is CC=C1CCCN(C)C1. The number of piperidine rings is 1. The van der Waals surface area contributed by atoms with E-state index in [4.69, 9.17) is 0 Å². The van der Waals surface area contributed by atoms with E-state index in [1.54, 1.807) is 5.57 Å². The average Bonchev–Trinajstić information content (AvgIpc) is 1.88. The summed E-state index contributed by atoms with van der Waals surface area (Å²) in [5.74, 6) is 0. The molecule has 0 aromatic heterocycles. The van der Waals surface area contributed by atoms with Crippen molar-refractivity contribution in [2.75, 3.05) is 20.1 Å². The maximum atomic E-state index is 2.37. The van der Waals surface area contributed by atoms with E-state index in [2.05, 4.69) is 24.9 Å². The van der Waals surface area contributed by atoms with Crippen LogP contribution in [0.4, 0.5) is 0 Å². The molecule has 0 bridgehead atoms. The molecular formula is C8H15N. The second-order valence-electron chi connectivity index (χ2n) is 2.79. The number of rotatable bonds is 0. The maximum absolute atomic E-state index is 2.37. The zero-order valence-electron chi connectivity index (χ0n) is 6.35. The number of nitrogens with zero attached hydrogens (tertiary/aromatic N) is 1. The zero-order valence-corrected chi connectivity index (χ0v) is 6.35. The van der Waals surface area contributed by atoms with Gasteiger partial charge in [0.05, 0.1) is 0 Å². The van der Waals surface area contributed by atoms with Gasteiger partial charge in [0.1, 0.15) is 0 Å². The normalized spacial score (nSPS) is 27.1. The molecule has 1 nitrogen and oxygen atoms in total. The highest BCUT2D eigenvalue weighted by atomic mass is 15.1. The summed E-state index contributed by atoms with van der Waals surface area (Å²) in [6.45, 7) is 4.60. The van der Waals surface area contributed by atoms with Gasteiger partial charge in [0.15, 0.2) is 0 Å². The Hall–Kier alpha value is -0.300. The van der Waals surface area contributed by atoms with Gasteiger partial charge in [-0.2, -0.15) is 0 Å². The number of hydrogen-bond acceptors (Lipinski definition) is 1. The Morgan fingerprint density at radius 1 is 1.56 bits per heavy atom. The van der Waals surface area contributed by atoms with Crippen molar-refractivity contribution in [2.24, 2.45) is 0 Å². The predicted octanol–water partition coefficient (Wildman–Crippen LogP) is 1.66. The van der Waals surface area contributed by atoms with Crippen molar-refractivity contribution in [1.82, 2.24) is 4.90 Å². The molecular weight excluding hydrogens is 110 g/mol. The van der Waals surface area contributed by atoms with Crippen molar-refractivity contribution < 1.29 is 0 Å². The van der Waals surface area contributed by atoms with Gasteiger partial charge in [-0.3, -0.25) is 0 Å². The molecule has 1 rings (SSSR count). The molecule has 0 unspecified atom stereocenters. The van der Waals surface area contributed by atoms with E-state index in [0.717, 1.165) is 0 Å². The van der Waals surface area contributed by atoms with Crippen LogP contribution >= 0.6 is 0 Å². The molecule has 9 heavy (non-hydrogen) atoms. The van der Waals surface area contributed by atoms with Gasteiger partial charge in [-0.05, 0) is 33.4 Å². The first-order chi connectivity index (χ1) is 4.33. The maximum Gasteiger partial charge on any atom is 0.0189 e. The average molecular weight is 125 g/mol. The smallest absolute Gasteiger partial charge is 0.0189 e. The van der Waals surface area contributed by atoms with Crippen molar-refractivity contribution in [3.8, 4) is 0 Å². The Balaban J connectivity index is 2.41. The van der Waals surface area contributed by atoms with E-state index in [1.165, 1.54) is 25.9 Å². The molecule has 0 aliphatic carbocycles. The second kappa shape index (κ2) is 3.02. The third kappa shape index (κ3) is 1.83. The summed E-state index contributed by atoms with van der Waals surface area (Å²) < 4.78 is 0. The lowest BCUT2D eigenvalue weighted by molar-refractivity contribution is 0.322. The summed E-state index contributed by atoms with van der Waals surface area (Å²) in [4.78, 5) is 2.37. The van der Waals surface area contributed by atoms with Crippen LogP contribution in [0, 0.1) is 0 Å². The van der Waals surface area contributed by atoms with Gasteiger partial charge < -0.3 is 4.90 Å². The summed E-state index contributed by atoms with van der Waals surface area (Å²) in [6.07, 6.45) is 4.91. The van der Waals surface area contributed by atoms with Crippen LogP contribution < -0.4 is 0 Å². The lowest BCUT2D eigenvalue weighted by Crippen LogP contribution is -2.26. The molecule has 0 amide bonds. The minimum Gasteiger partial charge on any atom is -0.302 e. The van der Waals surface area contributed by atoms with E-state index < -0.39 is 0 Å². The van der Waals surface area contributed by atoms with Crippen LogP contribution in [0.2, 0.25) is 0 Å². The highest BCUT2D eigenvalue weighted by Gasteiger charge is 2.07. The van der Waals surface area contributed by atoms with E-state index >= 15 is 0 Å². The molecule has 0 saturated carbocycles. The van der Waals surface area contributed by atoms with Gasteiger partial charge >= 0.3 is 0 Å². The fourth-order valence-corrected chi connectivity index (χ4v) is 1.32. The third-order valence-corrected chi connectivity index (χ3v) is 1.92. The summed E-state index contributed by atoms with van der Waals surface area (Å²) in [5, 5.41) is 0. The van der Waals surface area contributed by atoms with E-state index in [9.17, 15) is 0 Å². The highest BCUT2D eigenvalue weighted by Crippen LogP contribution is 2.12. The van der Waals surface area contributed by atoms with Crippen LogP contribution in [0.5, 0.6) is 0 Å². The Morgan fingerprint density at radius 2 is 2.33 bits per heavy atom. The number of allylic oxidation sites excluding steroid dienone is 1. The minimum absolute atomic E-state index is 1.19. The first kappa shape index (κ1) is 6.81. The van der Waals surface area contributed by atoms with Crippen LogP contribution in [-0.2, 0) is 0 Å². The van der Waals surface area contributed by atoms with Crippen molar-refractivity contribution in [1.29, 1.82) is 0 Å². The second-order valence-corrected chi connectivity index (χ2v) is 2.79. The quantitative estimate of drug-likeness (QED) is 0.445. The van der Waals surface area contributed by atoms with E-state index in [0.29, 0.717) is 0 Å². The number of likely N-dealkylation sites (N-methyl/N-ethyl adjacent to an activating group) is 1. The van der Waals surface area contributed by atoms with Gasteiger partial charge in [0, 0.05) is 6.54 Å². The molecule has 1 heterocycles. The fraction of sp³-hybridized carbons (Fsp3) is 0.750. The van der Waals surface area contributed by atoms with Crippen LogP contribution in [0.25, 0.3) is 0 Å². The summed E-state index contributed by atoms with van der Waals surface area (Å²) in [6, 6.07) is 0. The van der Waals surface area contributed by atoms with Crippen molar-refractivity contribution in [3.63, 3.8) is 0 Å². The molecule has 1 heteroatoms. The molecule has 1 fully saturated rings. The van der Waals surface area contributed by atoms with E-state index in [1.807, 2.05) is 0 Å². The minimum atomic E-state index is 1.19. The molecule has 52 valence electrons. The number of hydrogen-bond donors (Lipinski definition) is 0. The largest absolute Gasteiger partial charge is 0.302 e. The molecule has 1 saturated heterocycles. The van der Waals surface area contributed by atoms with Crippen LogP contribution in [0.15, 0.2) is 11.6 Å². The Bertz CT molecular complexity index is 116. The molecule has 0 radical (unpaired) electrons. The summed E-state index contributed by atoms with van der Waals surface area (Å²) in [7, 11) is 2.18. The fourth-order valence-electron chi connectivity index (χ4n) is 1.32. The third-order valence-electron chi connectivity index (χ3n) is 1.92. The van der Waals surface area contributed by atoms with Crippen LogP contribution in [-0.4, -0.2) is 25.0 Å². The molecule has 1 aliphatic heterocycles. The van der Waals surface area contributed by atoms with Crippen molar-refractivity contribution in [2.45, 2.75) is 19.8 Å².